The number of rotatable bonds is 19. The quantitative estimate of drug-likeness (QED) is 0.0465. The zero-order chi connectivity index (χ0) is 62.6. The highest BCUT2D eigenvalue weighted by atomic mass is 33.1. The third kappa shape index (κ3) is 20.2. The van der Waals surface area contributed by atoms with Gasteiger partial charge in [0.1, 0.15) is 65.6 Å². The van der Waals surface area contributed by atoms with Crippen LogP contribution in [0, 0.1) is 5.92 Å². The molecule has 460 valence electrons. The molecule has 0 saturated carbocycles. The second-order valence-electron chi connectivity index (χ2n) is 21.0. The molecule has 0 radical (unpaired) electrons. The summed E-state index contributed by atoms with van der Waals surface area (Å²) in [4.78, 5) is 143. The summed E-state index contributed by atoms with van der Waals surface area (Å²) in [6.45, 7) is 2.40. The van der Waals surface area contributed by atoms with Gasteiger partial charge in [-0.15, -0.1) is 0 Å². The lowest BCUT2D eigenvalue weighted by atomic mass is 10.00. The molecule has 5 aromatic rings. The molecule has 1 fully saturated rings. The number of phenols is 3. The first-order valence-electron chi connectivity index (χ1n) is 27.4. The molecule has 6 rings (SSSR count). The van der Waals surface area contributed by atoms with Crippen molar-refractivity contribution in [1.29, 1.82) is 0 Å². The van der Waals surface area contributed by atoms with Gasteiger partial charge in [0, 0.05) is 54.3 Å². The maximum Gasteiger partial charge on any atom is 0.326 e. The van der Waals surface area contributed by atoms with E-state index in [1.54, 1.807) is 56.4 Å². The number of aliphatic hydroxyl groups is 1. The maximum absolute atomic E-state index is 14.7. The summed E-state index contributed by atoms with van der Waals surface area (Å²) in [7, 11) is 1.83. The number of amides is 9. The Kier molecular flexibility index (Phi) is 24.6. The van der Waals surface area contributed by atoms with Gasteiger partial charge in [-0.25, -0.2) is 4.79 Å². The number of carbonyl (C=O) groups excluding carboxylic acids is 9. The van der Waals surface area contributed by atoms with Crippen LogP contribution >= 0.6 is 21.6 Å². The average molecular weight is 1230 g/mol. The highest BCUT2D eigenvalue weighted by Crippen LogP contribution is 2.25. The van der Waals surface area contributed by atoms with Crippen LogP contribution in [0.2, 0.25) is 0 Å². The number of carboxylic acids is 1. The molecule has 9 atom stereocenters. The number of aliphatic hydroxyl groups excluding tert-OH is 1. The van der Waals surface area contributed by atoms with Gasteiger partial charge in [-0.05, 0) is 89.9 Å². The summed E-state index contributed by atoms with van der Waals surface area (Å²) in [5.41, 5.74) is 14.4. The van der Waals surface area contributed by atoms with Gasteiger partial charge in [-0.1, -0.05) is 90.0 Å². The van der Waals surface area contributed by atoms with Gasteiger partial charge in [0.25, 0.3) is 0 Å². The van der Waals surface area contributed by atoms with Crippen molar-refractivity contribution in [1.82, 2.24) is 47.5 Å². The summed E-state index contributed by atoms with van der Waals surface area (Å²) < 4.78 is 0. The second kappa shape index (κ2) is 31.9. The molecule has 86 heavy (non-hydrogen) atoms. The Morgan fingerprint density at radius 1 is 0.616 bits per heavy atom. The van der Waals surface area contributed by atoms with Gasteiger partial charge in [0.2, 0.25) is 53.2 Å². The number of aliphatic carboxylic acids is 1. The van der Waals surface area contributed by atoms with Crippen LogP contribution in [0.15, 0.2) is 103 Å². The van der Waals surface area contributed by atoms with E-state index in [1.165, 1.54) is 60.7 Å². The molecular formula is C58H71N11O15S2. The van der Waals surface area contributed by atoms with Crippen molar-refractivity contribution in [2.75, 3.05) is 18.1 Å². The third-order valence-corrected chi connectivity index (χ3v) is 16.2. The van der Waals surface area contributed by atoms with E-state index in [9.17, 15) is 73.5 Å². The van der Waals surface area contributed by atoms with Crippen LogP contribution < -0.4 is 54.0 Å². The van der Waals surface area contributed by atoms with Crippen molar-refractivity contribution in [3.05, 3.63) is 126 Å². The lowest BCUT2D eigenvalue weighted by Gasteiger charge is -2.28. The number of carbonyl (C=O) groups is 10. The molecule has 2 heterocycles. The molecule has 1 aromatic heterocycles. The van der Waals surface area contributed by atoms with Crippen molar-refractivity contribution in [2.24, 2.45) is 17.4 Å². The summed E-state index contributed by atoms with van der Waals surface area (Å²) in [6, 6.07) is 9.99. The van der Waals surface area contributed by atoms with Crippen LogP contribution in [0.1, 0.15) is 55.4 Å². The average Bonchev–Trinajstić information content (AvgIpc) is 2.35. The van der Waals surface area contributed by atoms with Crippen LogP contribution in [-0.2, 0) is 73.6 Å². The van der Waals surface area contributed by atoms with Crippen molar-refractivity contribution in [3.63, 3.8) is 0 Å². The number of carboxylic acid groups (broad SMARTS) is 1. The zero-order valence-electron chi connectivity index (χ0n) is 46.9. The van der Waals surface area contributed by atoms with E-state index < -0.39 is 133 Å². The first-order valence-corrected chi connectivity index (χ1v) is 29.9. The minimum atomic E-state index is -1.83. The molecule has 9 amide bonds. The van der Waals surface area contributed by atoms with Crippen LogP contribution in [0.3, 0.4) is 0 Å². The molecule has 28 heteroatoms. The molecule has 26 nitrogen and oxygen atoms in total. The number of aromatic amines is 1. The Hall–Kier alpha value is -8.86. The van der Waals surface area contributed by atoms with E-state index in [-0.39, 0.29) is 66.8 Å². The Balaban J connectivity index is 1.42. The molecule has 0 aliphatic carbocycles. The monoisotopic (exact) mass is 1230 g/mol. The molecule has 0 bridgehead atoms. The number of nitrogens with one attached hydrogen (secondary N) is 9. The number of fused-ring (bicyclic) bond motifs is 1. The van der Waals surface area contributed by atoms with E-state index in [0.717, 1.165) is 21.6 Å². The maximum atomic E-state index is 14.7. The molecular weight excluding hydrogens is 1150 g/mol. The highest BCUT2D eigenvalue weighted by Gasteiger charge is 2.36. The predicted octanol–water partition coefficient (Wildman–Crippen LogP) is -0.455. The minimum Gasteiger partial charge on any atom is -0.508 e. The normalized spacial score (nSPS) is 21.3. The molecule has 1 aliphatic heterocycles. The summed E-state index contributed by atoms with van der Waals surface area (Å²) in [5.74, 6) is -11.5. The molecule has 0 spiro atoms. The van der Waals surface area contributed by atoms with Gasteiger partial charge < -0.3 is 84.5 Å². The number of nitrogens with two attached hydrogens (primary N) is 2. The van der Waals surface area contributed by atoms with E-state index in [0.29, 0.717) is 33.2 Å². The van der Waals surface area contributed by atoms with Crippen molar-refractivity contribution in [2.45, 2.75) is 113 Å². The Morgan fingerprint density at radius 3 is 1.71 bits per heavy atom. The fourth-order valence-corrected chi connectivity index (χ4v) is 11.4. The number of primary amides is 1. The standard InChI is InChI=1S/C58H71N11O15S2/c1-30(2)21-42-52(77)69-48(57(82)66-45(58(83)84)24-33-11-17-37(73)18-12-33)29-86-85-28-47(68-50(75)39(59)22-31-7-13-35(71)14-8-31)56(81)65-44(25-34-26-61-40-6-4-3-5-38(34)40)54(79)67-46(27-70)55(80)62-41(19-20-49(60)74)51(76)64-43(53(78)63-42)23-32-9-15-36(72)16-10-32/h3-18,26,30,39,41-48,61,70-73H,19-25,27-29,59H2,1-2H3,(H2,60,74)(H,62,80)(H,63,78)(H,64,76)(H,65,81)(H,66,82)(H,67,79)(H,68,75)(H,69,77)(H,83,84)/t39-,41?,42-,43-,44?,45-,46-,47?,48?/m0/s1. The van der Waals surface area contributed by atoms with Crippen molar-refractivity contribution < 1.29 is 73.5 Å². The summed E-state index contributed by atoms with van der Waals surface area (Å²) in [6.07, 6.45) is -0.282. The SMILES string of the molecule is CC(C)C[C@@H]1NC(=O)[C@H](Cc2ccc(O)cc2)NC(=O)C(CCC(N)=O)NC(=O)[C@H](CO)NC(=O)C(Cc2c[nH]c3ccccc23)NC(=O)C(NC(=O)[C@@H](N)Cc2ccc(O)cc2)CSSCC(C(=O)N[C@@H](Cc2ccc(O)cc2)C(=O)O)NC1=O. The van der Waals surface area contributed by atoms with E-state index in [1.807, 2.05) is 0 Å². The first kappa shape index (κ1) is 66.3. The second-order valence-corrected chi connectivity index (χ2v) is 23.5. The fraction of sp³-hybridized carbons (Fsp3) is 0.379. The fourth-order valence-electron chi connectivity index (χ4n) is 9.09. The van der Waals surface area contributed by atoms with Crippen molar-refractivity contribution in [3.8, 4) is 17.2 Å². The molecule has 4 aromatic carbocycles. The lowest BCUT2D eigenvalue weighted by Crippen LogP contribution is -2.61. The first-order chi connectivity index (χ1) is 41.0. The van der Waals surface area contributed by atoms with Gasteiger partial charge >= 0.3 is 5.97 Å². The van der Waals surface area contributed by atoms with Crippen LogP contribution in [-0.4, -0.2) is 162 Å². The number of hydrogen-bond donors (Lipinski definition) is 16. The van der Waals surface area contributed by atoms with Gasteiger partial charge in [-0.2, -0.15) is 0 Å². The molecule has 1 aliphatic rings. The summed E-state index contributed by atoms with van der Waals surface area (Å²) in [5, 5.41) is 71.9. The molecule has 4 unspecified atom stereocenters. The van der Waals surface area contributed by atoms with Crippen LogP contribution in [0.4, 0.5) is 0 Å². The van der Waals surface area contributed by atoms with E-state index in [2.05, 4.69) is 47.5 Å². The van der Waals surface area contributed by atoms with Crippen LogP contribution in [0.5, 0.6) is 17.2 Å². The van der Waals surface area contributed by atoms with Gasteiger partial charge in [0.05, 0.1) is 12.6 Å². The molecule has 18 N–H and O–H groups in total. The number of H-pyrrole nitrogens is 1. The van der Waals surface area contributed by atoms with E-state index >= 15 is 0 Å². The number of hydrogen-bond acceptors (Lipinski definition) is 17. The number of aromatic hydroxyl groups is 3. The third-order valence-electron chi connectivity index (χ3n) is 13.7. The van der Waals surface area contributed by atoms with Gasteiger partial charge in [0.15, 0.2) is 0 Å². The Morgan fingerprint density at radius 2 is 1.12 bits per heavy atom. The number of aromatic nitrogens is 1. The largest absolute Gasteiger partial charge is 0.508 e. The van der Waals surface area contributed by atoms with Crippen molar-refractivity contribution >= 4 is 91.6 Å². The summed E-state index contributed by atoms with van der Waals surface area (Å²) >= 11 is 0. The topological polar surface area (TPSA) is 436 Å². The number of phenolic OH excluding ortho intramolecular Hbond substituents is 3. The van der Waals surface area contributed by atoms with Gasteiger partial charge in [-0.3, -0.25) is 43.2 Å². The smallest absolute Gasteiger partial charge is 0.326 e. The minimum absolute atomic E-state index is 0.0369. The van der Waals surface area contributed by atoms with E-state index in [4.69, 9.17) is 11.5 Å². The predicted molar refractivity (Wildman–Crippen MR) is 318 cm³/mol. The Bertz CT molecular complexity index is 3200. The lowest BCUT2D eigenvalue weighted by molar-refractivity contribution is -0.142. The zero-order valence-corrected chi connectivity index (χ0v) is 48.6. The molecule has 1 saturated heterocycles. The Labute approximate surface area is 501 Å². The number of para-hydroxylation sites is 1. The number of benzene rings is 4. The highest BCUT2D eigenvalue weighted by molar-refractivity contribution is 8.76. The van der Waals surface area contributed by atoms with Crippen LogP contribution in [0.25, 0.3) is 10.9 Å².